The third-order valence-corrected chi connectivity index (χ3v) is 8.68. The molecule has 2 aliphatic rings. The Morgan fingerprint density at radius 3 is 2.38 bits per heavy atom. The third kappa shape index (κ3) is 12.0. The largest absolute Gasteiger partial charge is 0.504 e. The molecule has 19 heteroatoms. The quantitative estimate of drug-likeness (QED) is 0.0428. The number of phenols is 1. The number of aliphatic hydroxyl groups is 1. The first-order chi connectivity index (χ1) is 26.8. The smallest absolute Gasteiger partial charge is 0.416 e. The highest BCUT2D eigenvalue weighted by atomic mass is 16.6. The van der Waals surface area contributed by atoms with Crippen LogP contribution in [0.2, 0.25) is 0 Å². The number of anilines is 2. The van der Waals surface area contributed by atoms with Crippen molar-refractivity contribution >= 4 is 35.2 Å². The van der Waals surface area contributed by atoms with Gasteiger partial charge in [0.1, 0.15) is 18.8 Å². The lowest BCUT2D eigenvalue weighted by Crippen LogP contribution is -2.50. The van der Waals surface area contributed by atoms with Gasteiger partial charge in [-0.05, 0) is 56.5 Å². The third-order valence-electron chi connectivity index (χ3n) is 8.68. The van der Waals surface area contributed by atoms with E-state index in [1.54, 1.807) is 31.2 Å². The van der Waals surface area contributed by atoms with E-state index in [1.807, 2.05) is 13.8 Å². The number of methoxy groups -OCH3 is 1. The molecule has 2 aromatic rings. The number of aromatic hydroxyl groups is 1. The molecule has 0 spiro atoms. The van der Waals surface area contributed by atoms with E-state index in [9.17, 15) is 29.4 Å². The summed E-state index contributed by atoms with van der Waals surface area (Å²) < 4.78 is 27.2. The first-order valence-electron chi connectivity index (χ1n) is 18.1. The van der Waals surface area contributed by atoms with Gasteiger partial charge in [-0.2, -0.15) is 0 Å². The molecule has 0 saturated carbocycles. The van der Waals surface area contributed by atoms with Crippen LogP contribution in [0.25, 0.3) is 10.4 Å². The fourth-order valence-corrected chi connectivity index (χ4v) is 5.94. The highest BCUT2D eigenvalue weighted by Gasteiger charge is 2.46. The van der Waals surface area contributed by atoms with Crippen molar-refractivity contribution in [3.8, 4) is 11.5 Å². The highest BCUT2D eigenvalue weighted by Crippen LogP contribution is 2.41. The van der Waals surface area contributed by atoms with E-state index in [0.29, 0.717) is 11.3 Å². The van der Waals surface area contributed by atoms with Crippen molar-refractivity contribution in [1.82, 2.24) is 15.5 Å². The SMILES string of the molecule is C=C1C[C@H]2[C@H](O)N(C(=O)OCc3ccc(N[C@H](COCCOCCOCCC(=O)N[C@@H](C)C(=O)NC(C)C)N=[N+]=[N-])cc3)c3cc(O)c(OC)cc3C(=O)N2C1. The Balaban J connectivity index is 1.18. The van der Waals surface area contributed by atoms with Crippen LogP contribution in [0.5, 0.6) is 11.5 Å². The Hall–Kier alpha value is -5.59. The van der Waals surface area contributed by atoms with Gasteiger partial charge in [-0.25, -0.2) is 9.69 Å². The van der Waals surface area contributed by atoms with Gasteiger partial charge in [-0.1, -0.05) is 29.4 Å². The molecule has 0 radical (unpaired) electrons. The van der Waals surface area contributed by atoms with Gasteiger partial charge in [0.2, 0.25) is 11.8 Å². The molecule has 2 aliphatic heterocycles. The van der Waals surface area contributed by atoms with Crippen molar-refractivity contribution in [3.63, 3.8) is 0 Å². The Bertz CT molecular complexity index is 1750. The van der Waals surface area contributed by atoms with E-state index in [4.69, 9.17) is 29.2 Å². The van der Waals surface area contributed by atoms with Gasteiger partial charge in [0.15, 0.2) is 17.7 Å². The molecule has 4 amide bonds. The average Bonchev–Trinajstić information content (AvgIpc) is 3.53. The van der Waals surface area contributed by atoms with E-state index in [2.05, 4.69) is 32.6 Å². The number of fused-ring (bicyclic) bond motifs is 2. The first kappa shape index (κ1) is 43.1. The van der Waals surface area contributed by atoms with E-state index in [0.717, 1.165) is 10.5 Å². The molecule has 0 bridgehead atoms. The number of carbonyl (C=O) groups is 4. The summed E-state index contributed by atoms with van der Waals surface area (Å²) >= 11 is 0. The van der Waals surface area contributed by atoms with E-state index >= 15 is 0 Å². The van der Waals surface area contributed by atoms with Crippen LogP contribution in [0.4, 0.5) is 16.2 Å². The van der Waals surface area contributed by atoms with Crippen molar-refractivity contribution in [2.75, 3.05) is 63.5 Å². The van der Waals surface area contributed by atoms with Gasteiger partial charge < -0.3 is 54.7 Å². The summed E-state index contributed by atoms with van der Waals surface area (Å²) in [6, 6.07) is 7.85. The number of amides is 4. The van der Waals surface area contributed by atoms with Gasteiger partial charge in [-0.15, -0.1) is 0 Å². The maximum Gasteiger partial charge on any atom is 0.416 e. The van der Waals surface area contributed by atoms with Crippen molar-refractivity contribution < 1.29 is 53.1 Å². The van der Waals surface area contributed by atoms with Crippen LogP contribution in [0.1, 0.15) is 49.5 Å². The Kier molecular flexibility index (Phi) is 16.1. The van der Waals surface area contributed by atoms with Gasteiger partial charge in [0.05, 0.1) is 64.0 Å². The minimum absolute atomic E-state index is 0.0184. The van der Waals surface area contributed by atoms with Crippen LogP contribution in [0.3, 0.4) is 0 Å². The van der Waals surface area contributed by atoms with E-state index in [1.165, 1.54) is 24.1 Å². The molecule has 304 valence electrons. The standard InChI is InChI=1S/C37H50N8O11/c1-22(2)39-34(48)24(4)40-33(47)10-11-53-12-13-54-14-15-55-21-32(42-43-38)41-26-8-6-25(7-9-26)20-56-37(51)45-28-18-30(46)31(52-5)17-27(28)35(49)44-19-23(3)16-29(44)36(45)50/h6-9,17-18,22,24,29,32,36,41,46,50H,3,10-16,19-21H2,1-2,4-5H3,(H,39,48)(H,40,47)/t24-,29-,32-,36-/m0/s1. The van der Waals surface area contributed by atoms with Crippen LogP contribution in [0, 0.1) is 0 Å². The lowest BCUT2D eigenvalue weighted by atomic mass is 10.1. The first-order valence-corrected chi connectivity index (χ1v) is 18.1. The van der Waals surface area contributed by atoms with Gasteiger partial charge in [-0.3, -0.25) is 14.4 Å². The molecule has 2 aromatic carbocycles. The van der Waals surface area contributed by atoms with Crippen molar-refractivity contribution in [2.45, 2.75) is 70.7 Å². The molecular formula is C37H50N8O11. The van der Waals surface area contributed by atoms with Crippen LogP contribution in [0.15, 0.2) is 53.7 Å². The molecule has 0 unspecified atom stereocenters. The van der Waals surface area contributed by atoms with Gasteiger partial charge in [0, 0.05) is 35.7 Å². The maximum absolute atomic E-state index is 13.5. The molecule has 0 aliphatic carbocycles. The Morgan fingerprint density at radius 2 is 1.71 bits per heavy atom. The number of aliphatic hydroxyl groups excluding tert-OH is 1. The summed E-state index contributed by atoms with van der Waals surface area (Å²) in [5, 5.41) is 34.0. The monoisotopic (exact) mass is 782 g/mol. The molecule has 4 rings (SSSR count). The minimum Gasteiger partial charge on any atom is -0.504 e. The van der Waals surface area contributed by atoms with Crippen molar-refractivity contribution in [1.29, 1.82) is 0 Å². The number of rotatable bonds is 20. The van der Waals surface area contributed by atoms with Crippen LogP contribution < -0.4 is 25.6 Å². The molecule has 0 aromatic heterocycles. The lowest BCUT2D eigenvalue weighted by molar-refractivity contribution is -0.129. The number of hydrogen-bond donors (Lipinski definition) is 5. The molecule has 4 atom stereocenters. The summed E-state index contributed by atoms with van der Waals surface area (Å²) in [6.45, 7) is 10.5. The summed E-state index contributed by atoms with van der Waals surface area (Å²) in [5.74, 6) is -1.28. The van der Waals surface area contributed by atoms with Gasteiger partial charge >= 0.3 is 6.09 Å². The second kappa shape index (κ2) is 20.9. The van der Waals surface area contributed by atoms with Gasteiger partial charge in [0.25, 0.3) is 5.91 Å². The number of hydrogen-bond acceptors (Lipinski definition) is 13. The number of azide groups is 1. The number of nitrogens with one attached hydrogen (secondary N) is 3. The summed E-state index contributed by atoms with van der Waals surface area (Å²) in [6.07, 6.45) is -2.78. The molecule has 19 nitrogen and oxygen atoms in total. The summed E-state index contributed by atoms with van der Waals surface area (Å²) in [4.78, 5) is 56.2. The van der Waals surface area contributed by atoms with Crippen molar-refractivity contribution in [3.05, 3.63) is 70.1 Å². The topological polar surface area (TPSA) is 246 Å². The number of carbonyl (C=O) groups excluding carboxylic acids is 4. The zero-order valence-corrected chi connectivity index (χ0v) is 31.9. The average molecular weight is 783 g/mol. The number of ether oxygens (including phenoxy) is 5. The Labute approximate surface area is 324 Å². The second-order valence-electron chi connectivity index (χ2n) is 13.4. The lowest BCUT2D eigenvalue weighted by Gasteiger charge is -2.31. The fraction of sp³-hybridized carbons (Fsp3) is 0.514. The normalized spacial score (nSPS) is 17.2. The Morgan fingerprint density at radius 1 is 1.04 bits per heavy atom. The number of benzene rings is 2. The van der Waals surface area contributed by atoms with Crippen LogP contribution >= 0.6 is 0 Å². The number of nitrogens with zero attached hydrogens (tertiary/aromatic N) is 5. The fourth-order valence-electron chi connectivity index (χ4n) is 5.94. The predicted octanol–water partition coefficient (Wildman–Crippen LogP) is 3.16. The number of phenolic OH excluding ortho intramolecular Hbond substituents is 1. The summed E-state index contributed by atoms with van der Waals surface area (Å²) in [5.41, 5.74) is 11.0. The highest BCUT2D eigenvalue weighted by molar-refractivity contribution is 6.06. The second-order valence-corrected chi connectivity index (χ2v) is 13.4. The van der Waals surface area contributed by atoms with Crippen molar-refractivity contribution in [2.24, 2.45) is 5.11 Å². The molecule has 5 N–H and O–H groups in total. The minimum atomic E-state index is -1.48. The van der Waals surface area contributed by atoms with E-state index < -0.39 is 36.5 Å². The molecule has 1 fully saturated rings. The van der Waals surface area contributed by atoms with Crippen LogP contribution in [-0.2, 0) is 35.1 Å². The maximum atomic E-state index is 13.5. The zero-order chi connectivity index (χ0) is 40.8. The zero-order valence-electron chi connectivity index (χ0n) is 31.9. The van der Waals surface area contributed by atoms with E-state index in [-0.39, 0.29) is 106 Å². The van der Waals surface area contributed by atoms with Crippen LogP contribution in [-0.4, -0.2) is 123 Å². The molecule has 1 saturated heterocycles. The molecule has 56 heavy (non-hydrogen) atoms. The summed E-state index contributed by atoms with van der Waals surface area (Å²) in [7, 11) is 1.34. The molecule has 2 heterocycles. The predicted molar refractivity (Wildman–Crippen MR) is 203 cm³/mol. The molecular weight excluding hydrogens is 732 g/mol.